The SMILES string of the molecule is CC(O)C(C)N1CC(=O)N2CCCC2C1=O. The Morgan fingerprint density at radius 3 is 2.69 bits per heavy atom. The zero-order chi connectivity index (χ0) is 11.9. The van der Waals surface area contributed by atoms with Gasteiger partial charge in [-0.2, -0.15) is 0 Å². The molecule has 5 heteroatoms. The Morgan fingerprint density at radius 2 is 2.06 bits per heavy atom. The van der Waals surface area contributed by atoms with Gasteiger partial charge in [-0.3, -0.25) is 9.59 Å². The van der Waals surface area contributed by atoms with E-state index in [1.54, 1.807) is 18.7 Å². The van der Waals surface area contributed by atoms with Gasteiger partial charge in [0.2, 0.25) is 11.8 Å². The summed E-state index contributed by atoms with van der Waals surface area (Å²) in [5, 5.41) is 9.50. The number of hydrogen-bond donors (Lipinski definition) is 1. The van der Waals surface area contributed by atoms with Crippen LogP contribution in [0.15, 0.2) is 0 Å². The number of carbonyl (C=O) groups is 2. The first kappa shape index (κ1) is 11.4. The van der Waals surface area contributed by atoms with E-state index < -0.39 is 6.10 Å². The molecule has 5 nitrogen and oxygen atoms in total. The third-order valence-corrected chi connectivity index (χ3v) is 3.64. The van der Waals surface area contributed by atoms with Crippen molar-refractivity contribution in [2.75, 3.05) is 13.1 Å². The second kappa shape index (κ2) is 4.05. The molecule has 2 rings (SSSR count). The van der Waals surface area contributed by atoms with Gasteiger partial charge in [0.15, 0.2) is 0 Å². The summed E-state index contributed by atoms with van der Waals surface area (Å²) < 4.78 is 0. The average Bonchev–Trinajstić information content (AvgIpc) is 2.71. The predicted molar refractivity (Wildman–Crippen MR) is 57.6 cm³/mol. The number of aliphatic hydroxyl groups excluding tert-OH is 1. The van der Waals surface area contributed by atoms with Crippen molar-refractivity contribution in [2.24, 2.45) is 0 Å². The topological polar surface area (TPSA) is 60.9 Å². The molecule has 0 aliphatic carbocycles. The lowest BCUT2D eigenvalue weighted by Gasteiger charge is -2.40. The Labute approximate surface area is 95.0 Å². The van der Waals surface area contributed by atoms with Gasteiger partial charge in [-0.25, -0.2) is 0 Å². The number of rotatable bonds is 2. The molecule has 3 unspecified atom stereocenters. The number of amides is 2. The van der Waals surface area contributed by atoms with Gasteiger partial charge in [-0.05, 0) is 26.7 Å². The summed E-state index contributed by atoms with van der Waals surface area (Å²) in [5.41, 5.74) is 0. The van der Waals surface area contributed by atoms with Crippen molar-refractivity contribution in [3.8, 4) is 0 Å². The molecule has 2 amide bonds. The number of piperazine rings is 1. The molecule has 0 radical (unpaired) electrons. The van der Waals surface area contributed by atoms with E-state index >= 15 is 0 Å². The lowest BCUT2D eigenvalue weighted by molar-refractivity contribution is -0.157. The summed E-state index contributed by atoms with van der Waals surface area (Å²) in [4.78, 5) is 27.1. The largest absolute Gasteiger partial charge is 0.391 e. The van der Waals surface area contributed by atoms with Gasteiger partial charge in [0.05, 0.1) is 12.1 Å². The number of aliphatic hydroxyl groups is 1. The number of fused-ring (bicyclic) bond motifs is 1. The maximum absolute atomic E-state index is 12.1. The van der Waals surface area contributed by atoms with E-state index in [4.69, 9.17) is 0 Å². The lowest BCUT2D eigenvalue weighted by atomic mass is 10.1. The highest BCUT2D eigenvalue weighted by atomic mass is 16.3. The van der Waals surface area contributed by atoms with Crippen molar-refractivity contribution in [3.63, 3.8) is 0 Å². The van der Waals surface area contributed by atoms with Crippen molar-refractivity contribution < 1.29 is 14.7 Å². The summed E-state index contributed by atoms with van der Waals surface area (Å²) in [6, 6.07) is -0.568. The van der Waals surface area contributed by atoms with Crippen molar-refractivity contribution in [1.29, 1.82) is 0 Å². The quantitative estimate of drug-likeness (QED) is 0.696. The Bertz CT molecular complexity index is 316. The number of carbonyl (C=O) groups excluding carboxylic acids is 2. The van der Waals surface area contributed by atoms with E-state index in [1.165, 1.54) is 4.90 Å². The van der Waals surface area contributed by atoms with Crippen LogP contribution in [0.5, 0.6) is 0 Å². The third kappa shape index (κ3) is 1.69. The van der Waals surface area contributed by atoms with Gasteiger partial charge >= 0.3 is 0 Å². The first-order valence-corrected chi connectivity index (χ1v) is 5.80. The fraction of sp³-hybridized carbons (Fsp3) is 0.818. The van der Waals surface area contributed by atoms with Gasteiger partial charge in [-0.15, -0.1) is 0 Å². The first-order chi connectivity index (χ1) is 7.52. The second-order valence-corrected chi connectivity index (χ2v) is 4.69. The van der Waals surface area contributed by atoms with Crippen molar-refractivity contribution >= 4 is 11.8 Å². The zero-order valence-electron chi connectivity index (χ0n) is 9.72. The van der Waals surface area contributed by atoms with Crippen LogP contribution in [0.4, 0.5) is 0 Å². The standard InChI is InChI=1S/C11H18N2O3/c1-7(8(2)14)13-6-10(15)12-5-3-4-9(12)11(13)16/h7-9,14H,3-6H2,1-2H3. The van der Waals surface area contributed by atoms with Crippen molar-refractivity contribution in [3.05, 3.63) is 0 Å². The second-order valence-electron chi connectivity index (χ2n) is 4.69. The molecule has 3 atom stereocenters. The summed E-state index contributed by atoms with van der Waals surface area (Å²) in [5.74, 6) is 0.0000926. The monoisotopic (exact) mass is 226 g/mol. The van der Waals surface area contributed by atoms with Gasteiger partial charge < -0.3 is 14.9 Å². The predicted octanol–water partition coefficient (Wildman–Crippen LogP) is -0.411. The van der Waals surface area contributed by atoms with Crippen LogP contribution in [-0.4, -0.2) is 58.0 Å². The zero-order valence-corrected chi connectivity index (χ0v) is 9.72. The highest BCUT2D eigenvalue weighted by Crippen LogP contribution is 2.25. The smallest absolute Gasteiger partial charge is 0.246 e. The molecule has 0 aromatic heterocycles. The van der Waals surface area contributed by atoms with Gasteiger partial charge in [0.1, 0.15) is 12.6 Å². The van der Waals surface area contributed by atoms with Crippen molar-refractivity contribution in [1.82, 2.24) is 9.80 Å². The van der Waals surface area contributed by atoms with Crippen LogP contribution in [-0.2, 0) is 9.59 Å². The van der Waals surface area contributed by atoms with Crippen LogP contribution in [0.1, 0.15) is 26.7 Å². The van der Waals surface area contributed by atoms with E-state index in [9.17, 15) is 14.7 Å². The van der Waals surface area contributed by atoms with E-state index in [1.807, 2.05) is 0 Å². The van der Waals surface area contributed by atoms with Crippen LogP contribution < -0.4 is 0 Å². The Hall–Kier alpha value is -1.10. The Balaban J connectivity index is 2.17. The molecule has 16 heavy (non-hydrogen) atoms. The highest BCUT2D eigenvalue weighted by Gasteiger charge is 2.43. The van der Waals surface area contributed by atoms with E-state index in [0.29, 0.717) is 6.54 Å². The molecule has 0 aromatic carbocycles. The highest BCUT2D eigenvalue weighted by molar-refractivity contribution is 5.95. The lowest BCUT2D eigenvalue weighted by Crippen LogP contribution is -2.61. The summed E-state index contributed by atoms with van der Waals surface area (Å²) in [7, 11) is 0. The fourth-order valence-corrected chi connectivity index (χ4v) is 2.43. The van der Waals surface area contributed by atoms with Gasteiger partial charge in [0.25, 0.3) is 0 Å². The number of nitrogens with zero attached hydrogens (tertiary/aromatic N) is 2. The van der Waals surface area contributed by atoms with Gasteiger partial charge in [0, 0.05) is 6.54 Å². The fourth-order valence-electron chi connectivity index (χ4n) is 2.43. The normalized spacial score (nSPS) is 29.3. The van der Waals surface area contributed by atoms with Crippen LogP contribution in [0, 0.1) is 0 Å². The Kier molecular flexibility index (Phi) is 2.88. The first-order valence-electron chi connectivity index (χ1n) is 5.80. The van der Waals surface area contributed by atoms with Crippen LogP contribution in [0.3, 0.4) is 0 Å². The van der Waals surface area contributed by atoms with Crippen LogP contribution >= 0.6 is 0 Å². The molecular formula is C11H18N2O3. The minimum Gasteiger partial charge on any atom is -0.391 e. The van der Waals surface area contributed by atoms with E-state index in [-0.39, 0.29) is 30.4 Å². The maximum Gasteiger partial charge on any atom is 0.246 e. The minimum absolute atomic E-state index is 0.00880. The molecule has 2 heterocycles. The van der Waals surface area contributed by atoms with E-state index in [2.05, 4.69) is 0 Å². The molecule has 0 aromatic rings. The summed E-state index contributed by atoms with van der Waals surface area (Å²) in [6.45, 7) is 4.23. The summed E-state index contributed by atoms with van der Waals surface area (Å²) >= 11 is 0. The maximum atomic E-state index is 12.1. The van der Waals surface area contributed by atoms with Gasteiger partial charge in [-0.1, -0.05) is 0 Å². The van der Waals surface area contributed by atoms with Crippen LogP contribution in [0.25, 0.3) is 0 Å². The average molecular weight is 226 g/mol. The molecule has 0 saturated carbocycles. The molecular weight excluding hydrogens is 208 g/mol. The molecule has 1 N–H and O–H groups in total. The molecule has 90 valence electrons. The molecule has 0 spiro atoms. The Morgan fingerprint density at radius 1 is 1.38 bits per heavy atom. The molecule has 2 fully saturated rings. The summed E-state index contributed by atoms with van der Waals surface area (Å²) in [6.07, 6.45) is 1.05. The molecule has 2 aliphatic heterocycles. The van der Waals surface area contributed by atoms with E-state index in [0.717, 1.165) is 12.8 Å². The number of hydrogen-bond acceptors (Lipinski definition) is 3. The third-order valence-electron chi connectivity index (χ3n) is 3.64. The molecule has 2 aliphatic rings. The molecule has 0 bridgehead atoms. The van der Waals surface area contributed by atoms with Crippen LogP contribution in [0.2, 0.25) is 0 Å². The van der Waals surface area contributed by atoms with Crippen molar-refractivity contribution in [2.45, 2.75) is 44.9 Å². The minimum atomic E-state index is -0.607. The molecule has 2 saturated heterocycles.